The van der Waals surface area contributed by atoms with E-state index in [1.165, 1.54) is 29.5 Å². The molecule has 0 radical (unpaired) electrons. The van der Waals surface area contributed by atoms with Crippen molar-refractivity contribution >= 4 is 58.3 Å². The van der Waals surface area contributed by atoms with E-state index in [0.29, 0.717) is 16.1 Å². The lowest BCUT2D eigenvalue weighted by Gasteiger charge is -2.16. The monoisotopic (exact) mass is 595 g/mol. The molecule has 41 heavy (non-hydrogen) atoms. The maximum Gasteiger partial charge on any atom is 0.418 e. The summed E-state index contributed by atoms with van der Waals surface area (Å²) in [7, 11) is 0. The van der Waals surface area contributed by atoms with Crippen molar-refractivity contribution < 1.29 is 27.6 Å². The SMILES string of the molecule is CC(Sc1ccc(NC(=O)/C(=C/c2ccsc2)NC(=O)c2ccccc2)cc1)C(=O)Nc1ccccc1C(F)(F)F. The molecule has 0 fully saturated rings. The molecular weight excluding hydrogens is 571 g/mol. The van der Waals surface area contributed by atoms with E-state index in [4.69, 9.17) is 0 Å². The van der Waals surface area contributed by atoms with Gasteiger partial charge in [0, 0.05) is 16.1 Å². The first-order chi connectivity index (χ1) is 19.6. The molecule has 1 atom stereocenters. The van der Waals surface area contributed by atoms with E-state index in [2.05, 4.69) is 16.0 Å². The molecule has 1 heterocycles. The Bertz CT molecular complexity index is 1540. The summed E-state index contributed by atoms with van der Waals surface area (Å²) in [5.41, 5.74) is 0.434. The topological polar surface area (TPSA) is 87.3 Å². The Morgan fingerprint density at radius 3 is 2.22 bits per heavy atom. The number of rotatable bonds is 9. The molecule has 6 nitrogen and oxygen atoms in total. The number of alkyl halides is 3. The fourth-order valence-corrected chi connectivity index (χ4v) is 5.10. The molecule has 4 aromatic rings. The van der Waals surface area contributed by atoms with Crippen LogP contribution in [0.3, 0.4) is 0 Å². The molecule has 0 spiro atoms. The molecule has 3 N–H and O–H groups in total. The average Bonchev–Trinajstić information content (AvgIpc) is 3.47. The van der Waals surface area contributed by atoms with Crippen LogP contribution in [0.1, 0.15) is 28.4 Å². The highest BCUT2D eigenvalue weighted by atomic mass is 32.2. The Morgan fingerprint density at radius 1 is 0.878 bits per heavy atom. The molecule has 1 aromatic heterocycles. The summed E-state index contributed by atoms with van der Waals surface area (Å²) in [4.78, 5) is 39.1. The first-order valence-corrected chi connectivity index (χ1v) is 14.1. The van der Waals surface area contributed by atoms with Gasteiger partial charge in [0.1, 0.15) is 5.70 Å². The Labute approximate surface area is 242 Å². The van der Waals surface area contributed by atoms with Gasteiger partial charge in [-0.2, -0.15) is 24.5 Å². The van der Waals surface area contributed by atoms with Gasteiger partial charge in [0.2, 0.25) is 5.91 Å². The Kier molecular flexibility index (Phi) is 9.64. The Hall–Kier alpha value is -4.35. The number of thioether (sulfide) groups is 1. The van der Waals surface area contributed by atoms with Gasteiger partial charge >= 0.3 is 6.18 Å². The summed E-state index contributed by atoms with van der Waals surface area (Å²) in [6.45, 7) is 1.59. The maximum absolute atomic E-state index is 13.2. The summed E-state index contributed by atoms with van der Waals surface area (Å²) in [6, 6.07) is 21.8. The second-order valence-corrected chi connectivity index (χ2v) is 10.9. The van der Waals surface area contributed by atoms with Crippen molar-refractivity contribution in [2.75, 3.05) is 10.6 Å². The second-order valence-electron chi connectivity index (χ2n) is 8.71. The van der Waals surface area contributed by atoms with Crippen LogP contribution in [0.5, 0.6) is 0 Å². The highest BCUT2D eigenvalue weighted by Crippen LogP contribution is 2.35. The van der Waals surface area contributed by atoms with Gasteiger partial charge in [-0.3, -0.25) is 14.4 Å². The number of benzene rings is 3. The van der Waals surface area contributed by atoms with E-state index >= 15 is 0 Å². The summed E-state index contributed by atoms with van der Waals surface area (Å²) in [5.74, 6) is -1.54. The normalized spacial score (nSPS) is 12.3. The van der Waals surface area contributed by atoms with E-state index in [1.807, 2.05) is 16.8 Å². The van der Waals surface area contributed by atoms with E-state index in [9.17, 15) is 27.6 Å². The number of halogens is 3. The van der Waals surface area contributed by atoms with Crippen LogP contribution in [-0.2, 0) is 15.8 Å². The minimum atomic E-state index is -4.59. The van der Waals surface area contributed by atoms with E-state index in [1.54, 1.807) is 67.6 Å². The third-order valence-electron chi connectivity index (χ3n) is 5.67. The van der Waals surface area contributed by atoms with Gasteiger partial charge in [-0.15, -0.1) is 11.8 Å². The Morgan fingerprint density at radius 2 is 1.56 bits per heavy atom. The number of para-hydroxylation sites is 1. The number of carbonyl (C=O) groups excluding carboxylic acids is 3. The average molecular weight is 596 g/mol. The lowest BCUT2D eigenvalue weighted by atomic mass is 10.1. The lowest BCUT2D eigenvalue weighted by Crippen LogP contribution is -2.30. The minimum Gasteiger partial charge on any atom is -0.325 e. The lowest BCUT2D eigenvalue weighted by molar-refractivity contribution is -0.137. The zero-order chi connectivity index (χ0) is 29.4. The molecule has 210 valence electrons. The van der Waals surface area contributed by atoms with Crippen LogP contribution >= 0.6 is 23.1 Å². The van der Waals surface area contributed by atoms with Gasteiger partial charge in [-0.05, 0) is 83.9 Å². The van der Waals surface area contributed by atoms with Crippen molar-refractivity contribution in [3.8, 4) is 0 Å². The molecule has 4 rings (SSSR count). The third-order valence-corrected chi connectivity index (χ3v) is 7.48. The van der Waals surface area contributed by atoms with Crippen molar-refractivity contribution in [2.24, 2.45) is 0 Å². The van der Waals surface area contributed by atoms with Crippen molar-refractivity contribution in [3.63, 3.8) is 0 Å². The molecule has 0 aliphatic heterocycles. The van der Waals surface area contributed by atoms with Crippen molar-refractivity contribution in [3.05, 3.63) is 118 Å². The summed E-state index contributed by atoms with van der Waals surface area (Å²) >= 11 is 2.61. The van der Waals surface area contributed by atoms with Gasteiger partial charge in [-0.1, -0.05) is 30.3 Å². The molecule has 3 aromatic carbocycles. The zero-order valence-electron chi connectivity index (χ0n) is 21.6. The molecule has 0 saturated heterocycles. The number of amides is 3. The van der Waals surface area contributed by atoms with Crippen LogP contribution in [0, 0.1) is 0 Å². The minimum absolute atomic E-state index is 0.0557. The van der Waals surface area contributed by atoms with Gasteiger partial charge in [0.15, 0.2) is 0 Å². The van der Waals surface area contributed by atoms with E-state index in [-0.39, 0.29) is 11.4 Å². The van der Waals surface area contributed by atoms with Gasteiger partial charge < -0.3 is 16.0 Å². The molecule has 0 aliphatic rings. The van der Waals surface area contributed by atoms with Crippen LogP contribution in [0.4, 0.5) is 24.5 Å². The molecule has 11 heteroatoms. The third kappa shape index (κ3) is 8.32. The summed E-state index contributed by atoms with van der Waals surface area (Å²) < 4.78 is 39.7. The molecule has 3 amide bonds. The van der Waals surface area contributed by atoms with Crippen LogP contribution in [-0.4, -0.2) is 23.0 Å². The van der Waals surface area contributed by atoms with Gasteiger partial charge in [0.25, 0.3) is 11.8 Å². The van der Waals surface area contributed by atoms with Crippen LogP contribution in [0.15, 0.2) is 106 Å². The van der Waals surface area contributed by atoms with E-state index in [0.717, 1.165) is 23.4 Å². The van der Waals surface area contributed by atoms with Crippen LogP contribution in [0.25, 0.3) is 6.08 Å². The first kappa shape index (κ1) is 29.6. The molecule has 1 unspecified atom stereocenters. The predicted molar refractivity (Wildman–Crippen MR) is 157 cm³/mol. The fourth-order valence-electron chi connectivity index (χ4n) is 3.61. The number of hydrogen-bond acceptors (Lipinski definition) is 5. The van der Waals surface area contributed by atoms with Crippen molar-refractivity contribution in [2.45, 2.75) is 23.2 Å². The summed E-state index contributed by atoms with van der Waals surface area (Å²) in [5, 5.41) is 10.8. The first-order valence-electron chi connectivity index (χ1n) is 12.3. The second kappa shape index (κ2) is 13.3. The van der Waals surface area contributed by atoms with Crippen LogP contribution in [0.2, 0.25) is 0 Å². The van der Waals surface area contributed by atoms with Crippen molar-refractivity contribution in [1.29, 1.82) is 0 Å². The largest absolute Gasteiger partial charge is 0.418 e. The summed E-state index contributed by atoms with van der Waals surface area (Å²) in [6.07, 6.45) is -3.02. The van der Waals surface area contributed by atoms with Gasteiger partial charge in [0.05, 0.1) is 16.5 Å². The number of nitrogens with one attached hydrogen (secondary N) is 3. The fraction of sp³-hybridized carbons (Fsp3) is 0.100. The Balaban J connectivity index is 1.40. The highest BCUT2D eigenvalue weighted by Gasteiger charge is 2.34. The molecule has 0 bridgehead atoms. The van der Waals surface area contributed by atoms with Crippen LogP contribution < -0.4 is 16.0 Å². The van der Waals surface area contributed by atoms with Crippen molar-refractivity contribution in [1.82, 2.24) is 5.32 Å². The number of carbonyl (C=O) groups is 3. The molecule has 0 saturated carbocycles. The predicted octanol–water partition coefficient (Wildman–Crippen LogP) is 7.30. The van der Waals surface area contributed by atoms with E-state index < -0.39 is 34.7 Å². The smallest absolute Gasteiger partial charge is 0.325 e. The number of anilines is 2. The van der Waals surface area contributed by atoms with Gasteiger partial charge in [-0.25, -0.2) is 0 Å². The molecule has 0 aliphatic carbocycles. The maximum atomic E-state index is 13.2. The quantitative estimate of drug-likeness (QED) is 0.140. The molecular formula is C30H24F3N3O3S2. The highest BCUT2D eigenvalue weighted by molar-refractivity contribution is 8.00. The number of thiophene rings is 1. The number of hydrogen-bond donors (Lipinski definition) is 3. The zero-order valence-corrected chi connectivity index (χ0v) is 23.2. The standard InChI is InChI=1S/C30H24F3N3O3S2/c1-19(27(37)35-25-10-6-5-9-24(25)30(31,32)33)41-23-13-11-22(12-14-23)34-29(39)26(17-20-15-16-40-18-20)36-28(38)21-7-3-2-4-8-21/h2-19H,1H3,(H,34,39)(H,35,37)(H,36,38)/b26-17-.